The van der Waals surface area contributed by atoms with Crippen LogP contribution in [0, 0.1) is 0 Å². The first-order valence-corrected chi connectivity index (χ1v) is 10.5. The number of hydrogen-bond acceptors (Lipinski definition) is 4. The molecule has 31 heavy (non-hydrogen) atoms. The van der Waals surface area contributed by atoms with Crippen molar-refractivity contribution < 1.29 is 31.2 Å². The van der Waals surface area contributed by atoms with E-state index in [1.165, 1.54) is 57.4 Å². The average molecular weight is 457 g/mol. The van der Waals surface area contributed by atoms with Crippen LogP contribution in [0.4, 0.5) is 13.2 Å². The molecule has 1 unspecified atom stereocenters. The summed E-state index contributed by atoms with van der Waals surface area (Å²) in [7, 11) is -1.01. The van der Waals surface area contributed by atoms with Gasteiger partial charge < -0.3 is 10.6 Å². The molecule has 2 aromatic carbocycles. The van der Waals surface area contributed by atoms with Gasteiger partial charge in [-0.25, -0.2) is 12.7 Å². The van der Waals surface area contributed by atoms with Gasteiger partial charge in [0.15, 0.2) is 0 Å². The Morgan fingerprint density at radius 3 is 2.32 bits per heavy atom. The highest BCUT2D eigenvalue weighted by molar-refractivity contribution is 7.89. The van der Waals surface area contributed by atoms with Gasteiger partial charge in [-0.2, -0.15) is 13.2 Å². The van der Waals surface area contributed by atoms with Crippen LogP contribution in [-0.4, -0.2) is 45.2 Å². The van der Waals surface area contributed by atoms with Gasteiger partial charge in [0.1, 0.15) is 0 Å². The van der Waals surface area contributed by atoms with E-state index in [1.54, 1.807) is 0 Å². The summed E-state index contributed by atoms with van der Waals surface area (Å²) >= 11 is 0. The van der Waals surface area contributed by atoms with Crippen molar-refractivity contribution in [3.63, 3.8) is 0 Å². The second kappa shape index (κ2) is 9.48. The van der Waals surface area contributed by atoms with Crippen molar-refractivity contribution in [2.24, 2.45) is 0 Å². The average Bonchev–Trinajstić information content (AvgIpc) is 2.71. The normalized spacial score (nSPS) is 13.0. The minimum absolute atomic E-state index is 0.0432. The van der Waals surface area contributed by atoms with Crippen molar-refractivity contribution >= 4 is 21.8 Å². The number of benzene rings is 2. The molecule has 0 radical (unpaired) electrons. The summed E-state index contributed by atoms with van der Waals surface area (Å²) < 4.78 is 63.9. The number of carbonyl (C=O) groups is 2. The predicted octanol–water partition coefficient (Wildman–Crippen LogP) is 2.56. The van der Waals surface area contributed by atoms with E-state index in [2.05, 4.69) is 10.6 Å². The number of halogens is 3. The lowest BCUT2D eigenvalue weighted by Gasteiger charge is -2.16. The molecule has 0 saturated heterocycles. The number of rotatable bonds is 7. The first-order chi connectivity index (χ1) is 14.3. The number of hydrogen-bond donors (Lipinski definition) is 2. The molecule has 0 heterocycles. The molecule has 0 fully saturated rings. The Bertz CT molecular complexity index is 1070. The third-order valence-electron chi connectivity index (χ3n) is 4.38. The van der Waals surface area contributed by atoms with Gasteiger partial charge in [0.2, 0.25) is 15.9 Å². The molecule has 2 aromatic rings. The number of nitrogens with one attached hydrogen (secondary N) is 2. The van der Waals surface area contributed by atoms with Gasteiger partial charge in [-0.05, 0) is 42.8 Å². The lowest BCUT2D eigenvalue weighted by atomic mass is 10.0. The number of nitrogens with zero attached hydrogens (tertiary/aromatic N) is 1. The Morgan fingerprint density at radius 1 is 1.06 bits per heavy atom. The van der Waals surface area contributed by atoms with Crippen LogP contribution in [0.15, 0.2) is 53.4 Å². The Kier molecular flexibility index (Phi) is 7.45. The highest BCUT2D eigenvalue weighted by Gasteiger charge is 2.30. The molecule has 0 aromatic heterocycles. The maximum Gasteiger partial charge on any atom is 0.416 e. The van der Waals surface area contributed by atoms with E-state index in [-0.39, 0.29) is 16.0 Å². The van der Waals surface area contributed by atoms with Crippen LogP contribution < -0.4 is 10.6 Å². The topological polar surface area (TPSA) is 95.6 Å². The highest BCUT2D eigenvalue weighted by atomic mass is 32.2. The fraction of sp³-hybridized carbons (Fsp3) is 0.300. The van der Waals surface area contributed by atoms with Crippen LogP contribution in [0.2, 0.25) is 0 Å². The van der Waals surface area contributed by atoms with Crippen molar-refractivity contribution in [1.29, 1.82) is 0 Å². The summed E-state index contributed by atoms with van der Waals surface area (Å²) in [5.41, 5.74) is -0.523. The molecule has 1 atom stereocenters. The summed E-state index contributed by atoms with van der Waals surface area (Å²) in [6.45, 7) is 1.08. The second-order valence-corrected chi connectivity index (χ2v) is 9.06. The Labute approximate surface area is 178 Å². The largest absolute Gasteiger partial charge is 0.416 e. The van der Waals surface area contributed by atoms with Gasteiger partial charge in [0.25, 0.3) is 5.91 Å². The SMILES string of the molecule is CC(NC(=O)CNC(=O)c1cccc(S(=O)(=O)N(C)C)c1)c1cccc(C(F)(F)F)c1. The van der Waals surface area contributed by atoms with Gasteiger partial charge >= 0.3 is 6.18 Å². The number of alkyl halides is 3. The first kappa shape index (κ1) is 24.4. The smallest absolute Gasteiger partial charge is 0.348 e. The van der Waals surface area contributed by atoms with Crippen LogP contribution in [-0.2, 0) is 21.0 Å². The molecule has 0 bridgehead atoms. The zero-order valence-corrected chi connectivity index (χ0v) is 17.8. The van der Waals surface area contributed by atoms with E-state index in [4.69, 9.17) is 0 Å². The molecular formula is C20H22F3N3O4S. The summed E-state index contributed by atoms with van der Waals surface area (Å²) in [5, 5.41) is 4.87. The van der Waals surface area contributed by atoms with E-state index in [1.807, 2.05) is 0 Å². The third-order valence-corrected chi connectivity index (χ3v) is 6.19. The minimum atomic E-state index is -4.50. The monoisotopic (exact) mass is 457 g/mol. The molecule has 0 spiro atoms. The molecule has 0 aliphatic rings. The van der Waals surface area contributed by atoms with E-state index >= 15 is 0 Å². The van der Waals surface area contributed by atoms with Crippen LogP contribution in [0.5, 0.6) is 0 Å². The van der Waals surface area contributed by atoms with Gasteiger partial charge in [-0.3, -0.25) is 9.59 Å². The second-order valence-electron chi connectivity index (χ2n) is 6.91. The third kappa shape index (κ3) is 6.28. The lowest BCUT2D eigenvalue weighted by Crippen LogP contribution is -2.38. The van der Waals surface area contributed by atoms with E-state index in [0.29, 0.717) is 0 Å². The summed E-state index contributed by atoms with van der Waals surface area (Å²) in [4.78, 5) is 24.3. The summed E-state index contributed by atoms with van der Waals surface area (Å²) in [6.07, 6.45) is -4.50. The zero-order chi connectivity index (χ0) is 23.4. The predicted molar refractivity (Wildman–Crippen MR) is 108 cm³/mol. The van der Waals surface area contributed by atoms with Crippen LogP contribution in [0.1, 0.15) is 34.5 Å². The Hall–Kier alpha value is -2.92. The highest BCUT2D eigenvalue weighted by Crippen LogP contribution is 2.30. The summed E-state index contributed by atoms with van der Waals surface area (Å²) in [6, 6.07) is 9.19. The first-order valence-electron chi connectivity index (χ1n) is 9.09. The number of sulfonamides is 1. The summed E-state index contributed by atoms with van der Waals surface area (Å²) in [5.74, 6) is -1.28. The van der Waals surface area contributed by atoms with Gasteiger partial charge in [0.05, 0.1) is 23.0 Å². The van der Waals surface area contributed by atoms with E-state index < -0.39 is 46.2 Å². The molecule has 2 amide bonds. The van der Waals surface area contributed by atoms with E-state index in [9.17, 15) is 31.2 Å². The molecule has 0 saturated carbocycles. The fourth-order valence-corrected chi connectivity index (χ4v) is 3.58. The Morgan fingerprint density at radius 2 is 1.71 bits per heavy atom. The van der Waals surface area contributed by atoms with Crippen molar-refractivity contribution in [2.75, 3.05) is 20.6 Å². The quantitative estimate of drug-likeness (QED) is 0.668. The minimum Gasteiger partial charge on any atom is -0.348 e. The molecule has 0 aliphatic carbocycles. The molecule has 11 heteroatoms. The maximum absolute atomic E-state index is 12.8. The van der Waals surface area contributed by atoms with Crippen molar-refractivity contribution in [1.82, 2.24) is 14.9 Å². The van der Waals surface area contributed by atoms with Crippen LogP contribution in [0.25, 0.3) is 0 Å². The molecule has 2 N–H and O–H groups in total. The van der Waals surface area contributed by atoms with Crippen molar-refractivity contribution in [2.45, 2.75) is 24.0 Å². The molecular weight excluding hydrogens is 435 g/mol. The maximum atomic E-state index is 12.8. The van der Waals surface area contributed by atoms with Gasteiger partial charge in [-0.15, -0.1) is 0 Å². The molecule has 168 valence electrons. The van der Waals surface area contributed by atoms with Gasteiger partial charge in [-0.1, -0.05) is 18.2 Å². The number of carbonyl (C=O) groups excluding carboxylic acids is 2. The fourth-order valence-electron chi connectivity index (χ4n) is 2.63. The van der Waals surface area contributed by atoms with Crippen molar-refractivity contribution in [3.8, 4) is 0 Å². The zero-order valence-electron chi connectivity index (χ0n) is 17.0. The molecule has 2 rings (SSSR count). The molecule has 0 aliphatic heterocycles. The van der Waals surface area contributed by atoms with Crippen LogP contribution >= 0.6 is 0 Å². The van der Waals surface area contributed by atoms with E-state index in [0.717, 1.165) is 16.4 Å². The standard InChI is InChI=1S/C20H22F3N3O4S/c1-13(14-6-4-8-16(10-14)20(21,22)23)25-18(27)12-24-19(28)15-7-5-9-17(11-15)31(29,30)26(2)3/h4-11,13H,12H2,1-3H3,(H,24,28)(H,25,27). The molecule has 7 nitrogen and oxygen atoms in total. The lowest BCUT2D eigenvalue weighted by molar-refractivity contribution is -0.137. The number of amides is 2. The van der Waals surface area contributed by atoms with Gasteiger partial charge in [0, 0.05) is 19.7 Å². The Balaban J connectivity index is 2.00. The van der Waals surface area contributed by atoms with Crippen molar-refractivity contribution in [3.05, 3.63) is 65.2 Å². The van der Waals surface area contributed by atoms with Crippen LogP contribution in [0.3, 0.4) is 0 Å².